The fourth-order valence-electron chi connectivity index (χ4n) is 1.07. The Morgan fingerprint density at radius 3 is 2.06 bits per heavy atom. The molecular weight excluding hydrogens is 212 g/mol. The molecule has 5 nitrogen and oxygen atoms in total. The molecule has 0 aliphatic heterocycles. The number of carbonyl (C=O) groups excluding carboxylic acids is 3. The van der Waals surface area contributed by atoms with Gasteiger partial charge in [-0.25, -0.2) is 0 Å². The van der Waals surface area contributed by atoms with Crippen LogP contribution in [0.3, 0.4) is 0 Å². The van der Waals surface area contributed by atoms with Crippen molar-refractivity contribution in [2.75, 3.05) is 13.2 Å². The van der Waals surface area contributed by atoms with Gasteiger partial charge in [-0.1, -0.05) is 0 Å². The van der Waals surface area contributed by atoms with E-state index in [2.05, 4.69) is 4.74 Å². The van der Waals surface area contributed by atoms with Crippen molar-refractivity contribution in [1.29, 1.82) is 0 Å². The summed E-state index contributed by atoms with van der Waals surface area (Å²) in [5.74, 6) is -2.08. The van der Waals surface area contributed by atoms with Crippen molar-refractivity contribution < 1.29 is 23.9 Å². The van der Waals surface area contributed by atoms with Crippen molar-refractivity contribution in [3.8, 4) is 0 Å². The SMILES string of the molecule is CCOC(=O)CCC(=O)[C@@H](C)C(=O)OCC. The molecule has 0 N–H and O–H groups in total. The zero-order chi connectivity index (χ0) is 12.6. The van der Waals surface area contributed by atoms with E-state index in [-0.39, 0.29) is 25.2 Å². The van der Waals surface area contributed by atoms with Crippen molar-refractivity contribution in [1.82, 2.24) is 0 Å². The first kappa shape index (κ1) is 14.6. The lowest BCUT2D eigenvalue weighted by Crippen LogP contribution is -2.24. The van der Waals surface area contributed by atoms with E-state index in [0.717, 1.165) is 0 Å². The molecule has 0 rings (SSSR count). The smallest absolute Gasteiger partial charge is 0.316 e. The van der Waals surface area contributed by atoms with Gasteiger partial charge in [-0.15, -0.1) is 0 Å². The van der Waals surface area contributed by atoms with Crippen molar-refractivity contribution >= 4 is 17.7 Å². The summed E-state index contributed by atoms with van der Waals surface area (Å²) in [6, 6.07) is 0. The molecule has 0 fully saturated rings. The van der Waals surface area contributed by atoms with Gasteiger partial charge in [0.15, 0.2) is 0 Å². The maximum absolute atomic E-state index is 11.5. The van der Waals surface area contributed by atoms with E-state index < -0.39 is 17.9 Å². The van der Waals surface area contributed by atoms with Crippen LogP contribution >= 0.6 is 0 Å². The number of ether oxygens (including phenoxy) is 2. The van der Waals surface area contributed by atoms with Crippen LogP contribution in [0.5, 0.6) is 0 Å². The summed E-state index contributed by atoms with van der Waals surface area (Å²) in [5.41, 5.74) is 0. The molecule has 0 radical (unpaired) electrons. The maximum Gasteiger partial charge on any atom is 0.316 e. The summed E-state index contributed by atoms with van der Waals surface area (Å²) in [6.07, 6.45) is 0.0230. The van der Waals surface area contributed by atoms with Gasteiger partial charge in [0.25, 0.3) is 0 Å². The number of ketones is 1. The molecule has 0 aromatic rings. The molecule has 0 saturated carbocycles. The van der Waals surface area contributed by atoms with Crippen LogP contribution in [-0.2, 0) is 23.9 Å². The number of hydrogen-bond donors (Lipinski definition) is 0. The molecule has 0 spiro atoms. The van der Waals surface area contributed by atoms with Gasteiger partial charge < -0.3 is 9.47 Å². The van der Waals surface area contributed by atoms with Gasteiger partial charge in [-0.2, -0.15) is 0 Å². The van der Waals surface area contributed by atoms with E-state index in [4.69, 9.17) is 4.74 Å². The zero-order valence-electron chi connectivity index (χ0n) is 9.95. The molecule has 0 aromatic heterocycles. The third-order valence-electron chi connectivity index (χ3n) is 2.00. The molecule has 0 unspecified atom stereocenters. The van der Waals surface area contributed by atoms with Crippen LogP contribution in [0, 0.1) is 5.92 Å². The normalized spacial score (nSPS) is 11.7. The average molecular weight is 230 g/mol. The zero-order valence-corrected chi connectivity index (χ0v) is 9.95. The highest BCUT2D eigenvalue weighted by atomic mass is 16.5. The number of rotatable bonds is 7. The molecule has 0 bridgehead atoms. The minimum Gasteiger partial charge on any atom is -0.466 e. The summed E-state index contributed by atoms with van der Waals surface area (Å²) in [7, 11) is 0. The minimum atomic E-state index is -0.811. The lowest BCUT2D eigenvalue weighted by molar-refractivity contribution is -0.152. The van der Waals surface area contributed by atoms with E-state index in [1.165, 1.54) is 6.92 Å². The fourth-order valence-corrected chi connectivity index (χ4v) is 1.07. The van der Waals surface area contributed by atoms with Gasteiger partial charge in [0.2, 0.25) is 0 Å². The van der Waals surface area contributed by atoms with Crippen LogP contribution < -0.4 is 0 Å². The Morgan fingerprint density at radius 2 is 1.56 bits per heavy atom. The van der Waals surface area contributed by atoms with Crippen LogP contribution in [0.1, 0.15) is 33.6 Å². The van der Waals surface area contributed by atoms with Crippen molar-refractivity contribution in [2.45, 2.75) is 33.6 Å². The molecule has 0 saturated heterocycles. The fraction of sp³-hybridized carbons (Fsp3) is 0.727. The molecule has 0 aromatic carbocycles. The standard InChI is InChI=1S/C11H18O5/c1-4-15-10(13)7-6-9(12)8(3)11(14)16-5-2/h8H,4-7H2,1-3H3/t8-/m1/s1. The van der Waals surface area contributed by atoms with E-state index >= 15 is 0 Å². The summed E-state index contributed by atoms with van der Waals surface area (Å²) < 4.78 is 9.38. The Kier molecular flexibility index (Phi) is 7.16. The highest BCUT2D eigenvalue weighted by Gasteiger charge is 2.22. The molecule has 1 atom stereocenters. The minimum absolute atomic E-state index is 0.0103. The molecular formula is C11H18O5. The maximum atomic E-state index is 11.5. The second-order valence-electron chi connectivity index (χ2n) is 3.25. The van der Waals surface area contributed by atoms with E-state index in [0.29, 0.717) is 6.61 Å². The first-order valence-corrected chi connectivity index (χ1v) is 5.37. The Labute approximate surface area is 95.1 Å². The monoisotopic (exact) mass is 230 g/mol. The number of carbonyl (C=O) groups is 3. The summed E-state index contributed by atoms with van der Waals surface area (Å²) >= 11 is 0. The second-order valence-corrected chi connectivity index (χ2v) is 3.25. The van der Waals surface area contributed by atoms with E-state index in [9.17, 15) is 14.4 Å². The predicted molar refractivity (Wildman–Crippen MR) is 56.7 cm³/mol. The van der Waals surface area contributed by atoms with Crippen molar-refractivity contribution in [3.63, 3.8) is 0 Å². The van der Waals surface area contributed by atoms with Gasteiger partial charge in [0.1, 0.15) is 11.7 Å². The highest BCUT2D eigenvalue weighted by Crippen LogP contribution is 2.06. The van der Waals surface area contributed by atoms with Crippen LogP contribution in [0.25, 0.3) is 0 Å². The molecule has 0 aliphatic rings. The van der Waals surface area contributed by atoms with Gasteiger partial charge in [-0.3, -0.25) is 14.4 Å². The average Bonchev–Trinajstić information content (AvgIpc) is 2.25. The van der Waals surface area contributed by atoms with Crippen LogP contribution in [0.2, 0.25) is 0 Å². The quantitative estimate of drug-likeness (QED) is 0.484. The Balaban J connectivity index is 3.96. The number of Topliss-reactive ketones (excluding diaryl/α,β-unsaturated/α-hetero) is 1. The largest absolute Gasteiger partial charge is 0.466 e. The predicted octanol–water partition coefficient (Wildman–Crippen LogP) is 1.10. The van der Waals surface area contributed by atoms with Crippen LogP contribution in [0.4, 0.5) is 0 Å². The van der Waals surface area contributed by atoms with Gasteiger partial charge in [-0.05, 0) is 20.8 Å². The summed E-state index contributed by atoms with van der Waals surface area (Å²) in [6.45, 7) is 5.38. The van der Waals surface area contributed by atoms with Gasteiger partial charge >= 0.3 is 11.9 Å². The lowest BCUT2D eigenvalue weighted by atomic mass is 10.0. The van der Waals surface area contributed by atoms with Gasteiger partial charge in [0.05, 0.1) is 19.6 Å². The van der Waals surface area contributed by atoms with Crippen LogP contribution in [-0.4, -0.2) is 30.9 Å². The van der Waals surface area contributed by atoms with Crippen molar-refractivity contribution in [2.24, 2.45) is 5.92 Å². The highest BCUT2D eigenvalue weighted by molar-refractivity contribution is 5.99. The number of esters is 2. The lowest BCUT2D eigenvalue weighted by Gasteiger charge is -2.08. The van der Waals surface area contributed by atoms with Crippen LogP contribution in [0.15, 0.2) is 0 Å². The molecule has 5 heteroatoms. The number of hydrogen-bond acceptors (Lipinski definition) is 5. The van der Waals surface area contributed by atoms with E-state index in [1.54, 1.807) is 13.8 Å². The molecule has 0 aliphatic carbocycles. The van der Waals surface area contributed by atoms with Crippen molar-refractivity contribution in [3.05, 3.63) is 0 Å². The Bertz CT molecular complexity index is 259. The Hall–Kier alpha value is -1.39. The molecule has 92 valence electrons. The Morgan fingerprint density at radius 1 is 1.00 bits per heavy atom. The molecule has 0 heterocycles. The molecule has 16 heavy (non-hydrogen) atoms. The first-order valence-electron chi connectivity index (χ1n) is 5.37. The third-order valence-corrected chi connectivity index (χ3v) is 2.00. The summed E-state index contributed by atoms with van der Waals surface area (Å²) in [4.78, 5) is 33.6. The third kappa shape index (κ3) is 5.48. The first-order chi connectivity index (χ1) is 7.52. The topological polar surface area (TPSA) is 69.7 Å². The van der Waals surface area contributed by atoms with E-state index in [1.807, 2.05) is 0 Å². The second kappa shape index (κ2) is 7.84. The van der Waals surface area contributed by atoms with Gasteiger partial charge in [0, 0.05) is 6.42 Å². The molecule has 0 amide bonds. The summed E-state index contributed by atoms with van der Waals surface area (Å²) in [5, 5.41) is 0.